The van der Waals surface area contributed by atoms with E-state index in [2.05, 4.69) is 32.3 Å². The molecular formula is C19H20N6. The highest BCUT2D eigenvalue weighted by Crippen LogP contribution is 2.28. The van der Waals surface area contributed by atoms with Crippen LogP contribution in [0.5, 0.6) is 0 Å². The zero-order chi connectivity index (χ0) is 17.1. The second kappa shape index (κ2) is 6.86. The Hall–Kier alpha value is -2.99. The van der Waals surface area contributed by atoms with E-state index < -0.39 is 0 Å². The molecular weight excluding hydrogens is 312 g/mol. The first kappa shape index (κ1) is 15.5. The molecule has 0 bridgehead atoms. The van der Waals surface area contributed by atoms with Gasteiger partial charge in [0.15, 0.2) is 11.7 Å². The van der Waals surface area contributed by atoms with Crippen LogP contribution < -0.4 is 11.1 Å². The molecule has 4 rings (SSSR count). The van der Waals surface area contributed by atoms with Crippen LogP contribution in [0.15, 0.2) is 70.5 Å². The summed E-state index contributed by atoms with van der Waals surface area (Å²) in [6.45, 7) is 2.68. The lowest BCUT2D eigenvalue weighted by Gasteiger charge is -2.30. The Labute approximate surface area is 146 Å². The van der Waals surface area contributed by atoms with E-state index in [1.54, 1.807) is 6.20 Å². The maximum Gasteiger partial charge on any atom is 0.171 e. The minimum absolute atomic E-state index is 0.433. The molecule has 0 amide bonds. The van der Waals surface area contributed by atoms with Gasteiger partial charge in [0, 0.05) is 37.6 Å². The van der Waals surface area contributed by atoms with Gasteiger partial charge in [-0.15, -0.1) is 0 Å². The monoisotopic (exact) mass is 332 g/mol. The lowest BCUT2D eigenvalue weighted by molar-refractivity contribution is 0.551. The number of pyridine rings is 1. The van der Waals surface area contributed by atoms with Crippen molar-refractivity contribution < 1.29 is 0 Å². The average molecular weight is 332 g/mol. The summed E-state index contributed by atoms with van der Waals surface area (Å²) < 4.78 is 0. The molecule has 0 spiro atoms. The molecule has 1 aromatic carbocycles. The molecule has 0 atom stereocenters. The molecule has 2 aliphatic heterocycles. The first-order valence-electron chi connectivity index (χ1n) is 8.39. The van der Waals surface area contributed by atoms with Crippen molar-refractivity contribution in [1.29, 1.82) is 0 Å². The fourth-order valence-electron chi connectivity index (χ4n) is 3.11. The van der Waals surface area contributed by atoms with Gasteiger partial charge in [0.1, 0.15) is 0 Å². The van der Waals surface area contributed by atoms with E-state index in [1.807, 2.05) is 36.5 Å². The highest BCUT2D eigenvalue weighted by molar-refractivity contribution is 6.42. The number of benzene rings is 1. The number of hydrogen-bond acceptors (Lipinski definition) is 6. The van der Waals surface area contributed by atoms with Gasteiger partial charge in [-0.3, -0.25) is 9.98 Å². The molecule has 3 N–H and O–H groups in total. The van der Waals surface area contributed by atoms with E-state index >= 15 is 0 Å². The molecule has 0 radical (unpaired) electrons. The van der Waals surface area contributed by atoms with Crippen LogP contribution in [-0.2, 0) is 6.54 Å². The molecule has 2 aliphatic rings. The van der Waals surface area contributed by atoms with Crippen molar-refractivity contribution in [3.8, 4) is 0 Å². The number of nitrogens with two attached hydrogens (primary N) is 1. The van der Waals surface area contributed by atoms with Crippen LogP contribution in [0.1, 0.15) is 11.1 Å². The number of nitrogens with one attached hydrogen (secondary N) is 1. The Morgan fingerprint density at radius 3 is 2.76 bits per heavy atom. The fourth-order valence-corrected chi connectivity index (χ4v) is 3.11. The van der Waals surface area contributed by atoms with E-state index in [4.69, 9.17) is 10.7 Å². The largest absolute Gasteiger partial charge is 0.363 e. The zero-order valence-corrected chi connectivity index (χ0v) is 13.9. The molecule has 25 heavy (non-hydrogen) atoms. The number of aliphatic imine (C=N–C) groups is 2. The Bertz CT molecular complexity index is 839. The third-order valence-corrected chi connectivity index (χ3v) is 4.30. The average Bonchev–Trinajstić information content (AvgIpc) is 3.17. The fraction of sp³-hybridized carbons (Fsp3) is 0.211. The van der Waals surface area contributed by atoms with Gasteiger partial charge < -0.3 is 16.0 Å². The van der Waals surface area contributed by atoms with Crippen molar-refractivity contribution in [2.75, 3.05) is 19.6 Å². The summed E-state index contributed by atoms with van der Waals surface area (Å²) in [4.78, 5) is 15.8. The standard InChI is InChI=1S/C19H20N6/c20-11-16-17(15-6-2-1-3-7-15)24-18(19-22-9-10-25(16)19)23-13-14-5-4-8-21-12-14/h1-8,12H,9-11,13,20H2,(H,23,24). The van der Waals surface area contributed by atoms with Crippen LogP contribution >= 0.6 is 0 Å². The van der Waals surface area contributed by atoms with Crippen molar-refractivity contribution >= 4 is 17.4 Å². The third-order valence-electron chi connectivity index (χ3n) is 4.30. The van der Waals surface area contributed by atoms with E-state index in [-0.39, 0.29) is 0 Å². The molecule has 0 unspecified atom stereocenters. The smallest absolute Gasteiger partial charge is 0.171 e. The molecule has 126 valence electrons. The summed E-state index contributed by atoms with van der Waals surface area (Å²) in [6.07, 6.45) is 3.62. The second-order valence-corrected chi connectivity index (χ2v) is 5.90. The van der Waals surface area contributed by atoms with E-state index in [9.17, 15) is 0 Å². The minimum Gasteiger partial charge on any atom is -0.363 e. The first-order valence-corrected chi connectivity index (χ1v) is 8.39. The molecule has 6 heteroatoms. The summed E-state index contributed by atoms with van der Waals surface area (Å²) in [6, 6.07) is 14.1. The second-order valence-electron chi connectivity index (χ2n) is 5.90. The van der Waals surface area contributed by atoms with Gasteiger partial charge in [-0.2, -0.15) is 0 Å². The Balaban J connectivity index is 1.69. The van der Waals surface area contributed by atoms with Crippen molar-refractivity contribution in [1.82, 2.24) is 15.2 Å². The summed E-state index contributed by atoms with van der Waals surface area (Å²) in [5.74, 6) is 1.67. The predicted octanol–water partition coefficient (Wildman–Crippen LogP) is 1.62. The van der Waals surface area contributed by atoms with Crippen molar-refractivity contribution in [2.24, 2.45) is 15.7 Å². The number of rotatable bonds is 4. The highest BCUT2D eigenvalue weighted by Gasteiger charge is 2.31. The minimum atomic E-state index is 0.433. The summed E-state index contributed by atoms with van der Waals surface area (Å²) in [5, 5.41) is 3.42. The molecule has 0 saturated carbocycles. The lowest BCUT2D eigenvalue weighted by Crippen LogP contribution is -2.44. The third kappa shape index (κ3) is 3.04. The van der Waals surface area contributed by atoms with Crippen molar-refractivity contribution in [3.63, 3.8) is 0 Å². The van der Waals surface area contributed by atoms with Crippen molar-refractivity contribution in [3.05, 3.63) is 71.7 Å². The lowest BCUT2D eigenvalue weighted by atomic mass is 10.1. The summed E-state index contributed by atoms with van der Waals surface area (Å²) in [5.41, 5.74) is 10.1. The van der Waals surface area contributed by atoms with Gasteiger partial charge in [0.05, 0.1) is 17.9 Å². The molecule has 0 saturated heterocycles. The number of aromatic nitrogens is 1. The molecule has 2 aromatic rings. The zero-order valence-electron chi connectivity index (χ0n) is 13.9. The van der Waals surface area contributed by atoms with Crippen LogP contribution in [0.2, 0.25) is 0 Å². The Morgan fingerprint density at radius 2 is 2.00 bits per heavy atom. The number of amidine groups is 2. The Morgan fingerprint density at radius 1 is 1.12 bits per heavy atom. The number of hydrogen-bond donors (Lipinski definition) is 2. The molecule has 0 fully saturated rings. The maximum atomic E-state index is 6.04. The van der Waals surface area contributed by atoms with Crippen LogP contribution in [-0.4, -0.2) is 41.2 Å². The quantitative estimate of drug-likeness (QED) is 0.892. The van der Waals surface area contributed by atoms with Crippen LogP contribution in [0.25, 0.3) is 5.70 Å². The van der Waals surface area contributed by atoms with Crippen LogP contribution in [0.4, 0.5) is 0 Å². The molecule has 1 aromatic heterocycles. The number of nitrogens with zero attached hydrogens (tertiary/aromatic N) is 4. The topological polar surface area (TPSA) is 78.9 Å². The van der Waals surface area contributed by atoms with Crippen LogP contribution in [0, 0.1) is 0 Å². The Kier molecular flexibility index (Phi) is 4.26. The van der Waals surface area contributed by atoms with Crippen LogP contribution in [0.3, 0.4) is 0 Å². The van der Waals surface area contributed by atoms with E-state index in [0.29, 0.717) is 13.1 Å². The van der Waals surface area contributed by atoms with E-state index in [1.165, 1.54) is 0 Å². The predicted molar refractivity (Wildman–Crippen MR) is 99.9 cm³/mol. The molecule has 6 nitrogen and oxygen atoms in total. The van der Waals surface area contributed by atoms with Gasteiger partial charge in [-0.1, -0.05) is 36.4 Å². The van der Waals surface area contributed by atoms with Gasteiger partial charge in [0.25, 0.3) is 0 Å². The highest BCUT2D eigenvalue weighted by atomic mass is 15.3. The van der Waals surface area contributed by atoms with Gasteiger partial charge >= 0.3 is 0 Å². The normalized spacial score (nSPS) is 16.4. The number of fused-ring (bicyclic) bond motifs is 1. The summed E-state index contributed by atoms with van der Waals surface area (Å²) in [7, 11) is 0. The van der Waals surface area contributed by atoms with Crippen molar-refractivity contribution in [2.45, 2.75) is 6.54 Å². The molecule has 0 aliphatic carbocycles. The maximum absolute atomic E-state index is 6.04. The van der Waals surface area contributed by atoms with Gasteiger partial charge in [-0.05, 0) is 11.6 Å². The SMILES string of the molecule is NCC1=C(c2ccccc2)N=C(NCc2cccnc2)C2=NCCN21. The molecule has 3 heterocycles. The van der Waals surface area contributed by atoms with Gasteiger partial charge in [0.2, 0.25) is 0 Å². The van der Waals surface area contributed by atoms with Gasteiger partial charge in [-0.25, -0.2) is 4.99 Å². The summed E-state index contributed by atoms with van der Waals surface area (Å²) >= 11 is 0. The first-order chi connectivity index (χ1) is 12.4. The van der Waals surface area contributed by atoms with E-state index in [0.717, 1.165) is 47.3 Å².